The molecule has 0 aliphatic carbocycles. The molecule has 0 unspecified atom stereocenters. The molecule has 0 amide bonds. The summed E-state index contributed by atoms with van der Waals surface area (Å²) in [6.45, 7) is 0. The Balaban J connectivity index is 2.03. The molecule has 1 aromatic rings. The van der Waals surface area contributed by atoms with Gasteiger partial charge in [-0.1, -0.05) is 0 Å². The topological polar surface area (TPSA) is 55.1 Å². The van der Waals surface area contributed by atoms with Crippen LogP contribution in [-0.4, -0.2) is 21.8 Å². The lowest BCUT2D eigenvalue weighted by Gasteiger charge is -2.24. The van der Waals surface area contributed by atoms with E-state index in [9.17, 15) is 8.60 Å². The second-order valence-corrected chi connectivity index (χ2v) is 5.69. The van der Waals surface area contributed by atoms with Crippen molar-refractivity contribution in [3.63, 3.8) is 0 Å². The average molecular weight is 242 g/mol. The van der Waals surface area contributed by atoms with Gasteiger partial charge < -0.3 is 11.1 Å². The Kier molecular flexibility index (Phi) is 3.43. The molecule has 1 fully saturated rings. The number of hydrogen-bond acceptors (Lipinski definition) is 3. The third-order valence-corrected chi connectivity index (χ3v) is 4.15. The first kappa shape index (κ1) is 11.4. The summed E-state index contributed by atoms with van der Waals surface area (Å²) < 4.78 is 24.2. The Labute approximate surface area is 96.7 Å². The number of benzene rings is 1. The molecule has 1 saturated heterocycles. The monoisotopic (exact) mass is 242 g/mol. The molecular weight excluding hydrogens is 227 g/mol. The molecule has 5 heteroatoms. The molecule has 0 atom stereocenters. The summed E-state index contributed by atoms with van der Waals surface area (Å²) in [5, 5.41) is 3.21. The zero-order valence-electron chi connectivity index (χ0n) is 8.91. The Hall–Kier alpha value is -1.10. The minimum atomic E-state index is -0.674. The summed E-state index contributed by atoms with van der Waals surface area (Å²) in [5.41, 5.74) is 6.93. The smallest absolute Gasteiger partial charge is 0.125 e. The Morgan fingerprint density at radius 2 is 2.06 bits per heavy atom. The number of hydrogen-bond donors (Lipinski definition) is 2. The van der Waals surface area contributed by atoms with E-state index in [1.54, 1.807) is 6.07 Å². The number of halogens is 1. The molecule has 2 rings (SSSR count). The van der Waals surface area contributed by atoms with Crippen LogP contribution in [-0.2, 0) is 10.8 Å². The zero-order valence-corrected chi connectivity index (χ0v) is 9.73. The summed E-state index contributed by atoms with van der Waals surface area (Å²) >= 11 is 0. The maximum Gasteiger partial charge on any atom is 0.125 e. The first-order valence-corrected chi connectivity index (χ1v) is 6.80. The van der Waals surface area contributed by atoms with Gasteiger partial charge in [-0.3, -0.25) is 4.21 Å². The van der Waals surface area contributed by atoms with Crippen LogP contribution in [0.15, 0.2) is 18.2 Å². The molecule has 0 bridgehead atoms. The molecule has 0 radical (unpaired) electrons. The lowest BCUT2D eigenvalue weighted by Crippen LogP contribution is -2.29. The first-order valence-electron chi connectivity index (χ1n) is 5.31. The van der Waals surface area contributed by atoms with Gasteiger partial charge in [-0.2, -0.15) is 0 Å². The third kappa shape index (κ3) is 2.72. The van der Waals surface area contributed by atoms with Crippen LogP contribution in [0, 0.1) is 5.82 Å². The first-order chi connectivity index (χ1) is 7.65. The van der Waals surface area contributed by atoms with E-state index in [4.69, 9.17) is 5.73 Å². The number of rotatable bonds is 2. The van der Waals surface area contributed by atoms with E-state index in [2.05, 4.69) is 5.32 Å². The van der Waals surface area contributed by atoms with Crippen molar-refractivity contribution in [2.45, 2.75) is 18.9 Å². The fourth-order valence-electron chi connectivity index (χ4n) is 1.81. The summed E-state index contributed by atoms with van der Waals surface area (Å²) in [7, 11) is -0.674. The van der Waals surface area contributed by atoms with Gasteiger partial charge in [-0.05, 0) is 31.0 Å². The SMILES string of the molecule is Nc1ccc(F)cc1NC1CCS(=O)CC1. The van der Waals surface area contributed by atoms with Crippen LogP contribution in [0.1, 0.15) is 12.8 Å². The van der Waals surface area contributed by atoms with Crippen molar-refractivity contribution in [1.82, 2.24) is 0 Å². The van der Waals surface area contributed by atoms with Gasteiger partial charge >= 0.3 is 0 Å². The van der Waals surface area contributed by atoms with E-state index in [1.165, 1.54) is 12.1 Å². The summed E-state index contributed by atoms with van der Waals surface area (Å²) in [6, 6.07) is 4.55. The molecule has 1 aliphatic rings. The standard InChI is InChI=1S/C11H15FN2OS/c12-8-1-2-10(13)11(7-8)14-9-3-5-16(15)6-4-9/h1-2,7,9,14H,3-6,13H2. The van der Waals surface area contributed by atoms with Gasteiger partial charge in [0, 0.05) is 28.3 Å². The minimum Gasteiger partial charge on any atom is -0.397 e. The molecule has 3 nitrogen and oxygen atoms in total. The van der Waals surface area contributed by atoms with Crippen molar-refractivity contribution in [3.05, 3.63) is 24.0 Å². The van der Waals surface area contributed by atoms with Gasteiger partial charge in [0.1, 0.15) is 5.82 Å². The molecular formula is C11H15FN2OS. The maximum absolute atomic E-state index is 13.0. The van der Waals surface area contributed by atoms with Gasteiger partial charge in [-0.15, -0.1) is 0 Å². The average Bonchev–Trinajstić information content (AvgIpc) is 2.27. The highest BCUT2D eigenvalue weighted by atomic mass is 32.2. The minimum absolute atomic E-state index is 0.252. The quantitative estimate of drug-likeness (QED) is 0.777. The highest BCUT2D eigenvalue weighted by Crippen LogP contribution is 2.23. The van der Waals surface area contributed by atoms with Crippen molar-refractivity contribution >= 4 is 22.2 Å². The maximum atomic E-state index is 13.0. The van der Waals surface area contributed by atoms with E-state index >= 15 is 0 Å². The predicted molar refractivity (Wildman–Crippen MR) is 65.3 cm³/mol. The predicted octanol–water partition coefficient (Wildman–Crippen LogP) is 1.73. The van der Waals surface area contributed by atoms with Crippen molar-refractivity contribution in [2.24, 2.45) is 0 Å². The van der Waals surface area contributed by atoms with E-state index in [0.29, 0.717) is 22.9 Å². The zero-order chi connectivity index (χ0) is 11.5. The van der Waals surface area contributed by atoms with Crippen LogP contribution in [0.2, 0.25) is 0 Å². The molecule has 0 aromatic heterocycles. The normalized spacial score (nSPS) is 25.3. The fraction of sp³-hybridized carbons (Fsp3) is 0.455. The van der Waals surface area contributed by atoms with Gasteiger partial charge in [0.15, 0.2) is 0 Å². The second-order valence-electron chi connectivity index (χ2n) is 4.00. The lowest BCUT2D eigenvalue weighted by atomic mass is 10.1. The molecule has 1 aromatic carbocycles. The van der Waals surface area contributed by atoms with Gasteiger partial charge in [0.05, 0.1) is 11.4 Å². The summed E-state index contributed by atoms with van der Waals surface area (Å²) in [5.74, 6) is 1.14. The molecule has 1 heterocycles. The van der Waals surface area contributed by atoms with Crippen LogP contribution in [0.5, 0.6) is 0 Å². The fourth-order valence-corrected chi connectivity index (χ4v) is 3.11. The van der Waals surface area contributed by atoms with Gasteiger partial charge in [0.25, 0.3) is 0 Å². The van der Waals surface area contributed by atoms with Crippen LogP contribution in [0.4, 0.5) is 15.8 Å². The number of nitrogens with one attached hydrogen (secondary N) is 1. The van der Waals surface area contributed by atoms with Crippen LogP contribution < -0.4 is 11.1 Å². The molecule has 16 heavy (non-hydrogen) atoms. The van der Waals surface area contributed by atoms with Crippen molar-refractivity contribution in [2.75, 3.05) is 22.6 Å². The molecule has 3 N–H and O–H groups in total. The largest absolute Gasteiger partial charge is 0.397 e. The summed E-state index contributed by atoms with van der Waals surface area (Å²) in [6.07, 6.45) is 1.70. The van der Waals surface area contributed by atoms with E-state index in [-0.39, 0.29) is 11.9 Å². The van der Waals surface area contributed by atoms with Gasteiger partial charge in [-0.25, -0.2) is 4.39 Å². The van der Waals surface area contributed by atoms with Crippen LogP contribution >= 0.6 is 0 Å². The van der Waals surface area contributed by atoms with Gasteiger partial charge in [0.2, 0.25) is 0 Å². The second kappa shape index (κ2) is 4.82. The van der Waals surface area contributed by atoms with E-state index in [0.717, 1.165) is 12.8 Å². The molecule has 1 aliphatic heterocycles. The number of nitrogens with two attached hydrogens (primary N) is 1. The molecule has 88 valence electrons. The van der Waals surface area contributed by atoms with E-state index < -0.39 is 10.8 Å². The Morgan fingerprint density at radius 3 is 2.75 bits per heavy atom. The highest BCUT2D eigenvalue weighted by Gasteiger charge is 2.18. The van der Waals surface area contributed by atoms with Crippen LogP contribution in [0.25, 0.3) is 0 Å². The number of anilines is 2. The number of nitrogen functional groups attached to an aromatic ring is 1. The van der Waals surface area contributed by atoms with E-state index in [1.807, 2.05) is 0 Å². The lowest BCUT2D eigenvalue weighted by molar-refractivity contribution is 0.617. The Bertz CT molecular complexity index is 401. The van der Waals surface area contributed by atoms with Crippen molar-refractivity contribution in [3.8, 4) is 0 Å². The molecule has 0 spiro atoms. The van der Waals surface area contributed by atoms with Crippen LogP contribution in [0.3, 0.4) is 0 Å². The summed E-state index contributed by atoms with van der Waals surface area (Å²) in [4.78, 5) is 0. The molecule has 0 saturated carbocycles. The highest BCUT2D eigenvalue weighted by molar-refractivity contribution is 7.85. The third-order valence-electron chi connectivity index (χ3n) is 2.76. The van der Waals surface area contributed by atoms with Crippen molar-refractivity contribution < 1.29 is 8.60 Å². The Morgan fingerprint density at radius 1 is 1.38 bits per heavy atom. The van der Waals surface area contributed by atoms with Crippen molar-refractivity contribution in [1.29, 1.82) is 0 Å².